The molecule has 0 saturated heterocycles. The lowest BCUT2D eigenvalue weighted by molar-refractivity contribution is -0.120. The molecule has 4 N–H and O–H groups in total. The first kappa shape index (κ1) is 17.3. The van der Waals surface area contributed by atoms with Crippen molar-refractivity contribution in [2.45, 2.75) is 12.5 Å². The molecule has 3 rings (SSSR count). The highest BCUT2D eigenvalue weighted by molar-refractivity contribution is 9.10. The lowest BCUT2D eigenvalue weighted by atomic mass is 9.92. The molecule has 0 fully saturated rings. The fourth-order valence-corrected chi connectivity index (χ4v) is 3.32. The summed E-state index contributed by atoms with van der Waals surface area (Å²) in [5, 5.41) is 4.61. The molecule has 1 unspecified atom stereocenters. The van der Waals surface area contributed by atoms with Crippen LogP contribution in [0.5, 0.6) is 0 Å². The van der Waals surface area contributed by atoms with E-state index in [0.29, 0.717) is 21.3 Å². The van der Waals surface area contributed by atoms with Crippen LogP contribution in [0, 0.1) is 0 Å². The lowest BCUT2D eigenvalue weighted by Crippen LogP contribution is -2.45. The van der Waals surface area contributed by atoms with Crippen molar-refractivity contribution in [2.75, 3.05) is 5.32 Å². The number of nitrogens with one attached hydrogen (secondary N) is 2. The van der Waals surface area contributed by atoms with Gasteiger partial charge in [-0.3, -0.25) is 4.79 Å². The number of hydrogen-bond donors (Lipinski definition) is 3. The van der Waals surface area contributed by atoms with Gasteiger partial charge in [-0.1, -0.05) is 39.1 Å². The van der Waals surface area contributed by atoms with Gasteiger partial charge in [-0.15, -0.1) is 0 Å². The van der Waals surface area contributed by atoms with E-state index in [2.05, 4.69) is 26.2 Å². The van der Waals surface area contributed by atoms with Gasteiger partial charge in [0.2, 0.25) is 5.91 Å². The Balaban J connectivity index is 1.94. The quantitative estimate of drug-likeness (QED) is 0.548. The molecular weight excluding hydrogens is 413 g/mol. The Labute approximate surface area is 157 Å². The summed E-state index contributed by atoms with van der Waals surface area (Å²) in [6.45, 7) is 1.62. The molecule has 1 aromatic heterocycles. The highest BCUT2D eigenvalue weighted by Crippen LogP contribution is 2.30. The molecule has 1 atom stereocenters. The zero-order valence-corrected chi connectivity index (χ0v) is 15.8. The predicted octanol–water partition coefficient (Wildman–Crippen LogP) is 5.05. The number of fused-ring (bicyclic) bond motifs is 1. The summed E-state index contributed by atoms with van der Waals surface area (Å²) >= 11 is 15.5. The fraction of sp³-hybridized carbons (Fsp3) is 0.118. The molecule has 0 bridgehead atoms. The number of aromatic nitrogens is 1. The zero-order chi connectivity index (χ0) is 17.5. The van der Waals surface area contributed by atoms with E-state index in [-0.39, 0.29) is 5.91 Å². The number of benzene rings is 2. The number of carbonyl (C=O) groups excluding carboxylic acids is 1. The van der Waals surface area contributed by atoms with E-state index in [1.165, 1.54) is 0 Å². The Bertz CT molecular complexity index is 916. The molecule has 2 aromatic carbocycles. The number of halogens is 3. The van der Waals surface area contributed by atoms with Crippen LogP contribution in [0.25, 0.3) is 10.9 Å². The molecule has 7 heteroatoms. The van der Waals surface area contributed by atoms with Crippen molar-refractivity contribution in [1.29, 1.82) is 0 Å². The summed E-state index contributed by atoms with van der Waals surface area (Å²) in [7, 11) is 0. The standard InChI is InChI=1S/C17H14BrCl2N3O/c1-17(21,9-4-11(19)7-12(20)5-9)16(24)23-15-8-22-14-3-2-10(18)6-13(14)15/h2-8,22H,21H2,1H3,(H,23,24). The summed E-state index contributed by atoms with van der Waals surface area (Å²) in [6.07, 6.45) is 1.73. The zero-order valence-electron chi connectivity index (χ0n) is 12.7. The van der Waals surface area contributed by atoms with Gasteiger partial charge in [0.1, 0.15) is 5.54 Å². The maximum absolute atomic E-state index is 12.7. The summed E-state index contributed by atoms with van der Waals surface area (Å²) < 4.78 is 0.919. The molecule has 0 saturated carbocycles. The monoisotopic (exact) mass is 425 g/mol. The minimum absolute atomic E-state index is 0.360. The third-order valence-corrected chi connectivity index (χ3v) is 4.76. The van der Waals surface area contributed by atoms with Crippen LogP contribution in [-0.4, -0.2) is 10.9 Å². The van der Waals surface area contributed by atoms with Crippen LogP contribution in [0.1, 0.15) is 12.5 Å². The summed E-state index contributed by atoms with van der Waals surface area (Å²) in [6, 6.07) is 10.6. The number of carbonyl (C=O) groups is 1. The Kier molecular flexibility index (Phi) is 4.62. The van der Waals surface area contributed by atoms with Gasteiger partial charge in [0.15, 0.2) is 0 Å². The third kappa shape index (κ3) is 3.30. The Morgan fingerprint density at radius 1 is 1.21 bits per heavy atom. The van der Waals surface area contributed by atoms with Crippen molar-refractivity contribution in [3.05, 3.63) is 62.7 Å². The van der Waals surface area contributed by atoms with Crippen LogP contribution in [0.3, 0.4) is 0 Å². The van der Waals surface area contributed by atoms with Gasteiger partial charge in [0, 0.05) is 31.6 Å². The molecule has 4 nitrogen and oxygen atoms in total. The molecule has 0 aliphatic rings. The second-order valence-corrected chi connectivity index (χ2v) is 7.50. The first-order valence-electron chi connectivity index (χ1n) is 7.11. The van der Waals surface area contributed by atoms with Crippen molar-refractivity contribution < 1.29 is 4.79 Å². The van der Waals surface area contributed by atoms with Crippen LogP contribution in [0.4, 0.5) is 5.69 Å². The van der Waals surface area contributed by atoms with Gasteiger partial charge >= 0.3 is 0 Å². The molecule has 1 heterocycles. The van der Waals surface area contributed by atoms with Crippen LogP contribution < -0.4 is 11.1 Å². The van der Waals surface area contributed by atoms with Crippen LogP contribution in [-0.2, 0) is 10.3 Å². The lowest BCUT2D eigenvalue weighted by Gasteiger charge is -2.24. The van der Waals surface area contributed by atoms with Crippen LogP contribution in [0.15, 0.2) is 47.1 Å². The van der Waals surface area contributed by atoms with Gasteiger partial charge in [-0.2, -0.15) is 0 Å². The van der Waals surface area contributed by atoms with E-state index in [1.54, 1.807) is 31.3 Å². The van der Waals surface area contributed by atoms with Gasteiger partial charge in [-0.05, 0) is 48.9 Å². The molecule has 24 heavy (non-hydrogen) atoms. The van der Waals surface area contributed by atoms with E-state index in [9.17, 15) is 4.79 Å². The second kappa shape index (κ2) is 6.41. The van der Waals surface area contributed by atoms with E-state index >= 15 is 0 Å². The highest BCUT2D eigenvalue weighted by atomic mass is 79.9. The molecule has 0 radical (unpaired) electrons. The fourth-order valence-electron chi connectivity index (χ4n) is 2.43. The summed E-state index contributed by atoms with van der Waals surface area (Å²) in [4.78, 5) is 15.8. The SMILES string of the molecule is CC(N)(C(=O)Nc1c[nH]c2ccc(Br)cc12)c1cc(Cl)cc(Cl)c1. The van der Waals surface area contributed by atoms with Crippen molar-refractivity contribution in [2.24, 2.45) is 5.73 Å². The maximum atomic E-state index is 12.7. The number of H-pyrrole nitrogens is 1. The Morgan fingerprint density at radius 3 is 2.54 bits per heavy atom. The van der Waals surface area contributed by atoms with E-state index in [0.717, 1.165) is 15.4 Å². The number of hydrogen-bond acceptors (Lipinski definition) is 2. The molecule has 0 aliphatic carbocycles. The molecule has 124 valence electrons. The maximum Gasteiger partial charge on any atom is 0.248 e. The smallest absolute Gasteiger partial charge is 0.248 e. The van der Waals surface area contributed by atoms with Crippen molar-refractivity contribution in [3.8, 4) is 0 Å². The minimum Gasteiger partial charge on any atom is -0.359 e. The number of nitrogens with two attached hydrogens (primary N) is 1. The molecule has 3 aromatic rings. The highest BCUT2D eigenvalue weighted by Gasteiger charge is 2.31. The van der Waals surface area contributed by atoms with Gasteiger partial charge in [-0.25, -0.2) is 0 Å². The average Bonchev–Trinajstić information content (AvgIpc) is 2.88. The van der Waals surface area contributed by atoms with Crippen LogP contribution in [0.2, 0.25) is 10.0 Å². The Hall–Kier alpha value is -1.53. The minimum atomic E-state index is -1.29. The van der Waals surface area contributed by atoms with Gasteiger partial charge in [0.05, 0.1) is 5.69 Å². The molecule has 0 spiro atoms. The normalized spacial score (nSPS) is 13.7. The van der Waals surface area contributed by atoms with Crippen LogP contribution >= 0.6 is 39.1 Å². The summed E-state index contributed by atoms with van der Waals surface area (Å²) in [5.41, 5.74) is 7.08. The van der Waals surface area contributed by atoms with E-state index in [4.69, 9.17) is 28.9 Å². The summed E-state index contributed by atoms with van der Waals surface area (Å²) in [5.74, 6) is -0.360. The van der Waals surface area contributed by atoms with Crippen molar-refractivity contribution >= 4 is 61.6 Å². The molecular formula is C17H14BrCl2N3O. The van der Waals surface area contributed by atoms with Gasteiger partial charge in [0.25, 0.3) is 0 Å². The predicted molar refractivity (Wildman–Crippen MR) is 103 cm³/mol. The topological polar surface area (TPSA) is 70.9 Å². The third-order valence-electron chi connectivity index (χ3n) is 3.83. The number of amides is 1. The van der Waals surface area contributed by atoms with E-state index in [1.807, 2.05) is 18.2 Å². The van der Waals surface area contributed by atoms with Crippen molar-refractivity contribution in [3.63, 3.8) is 0 Å². The average molecular weight is 427 g/mol. The Morgan fingerprint density at radius 2 is 1.88 bits per heavy atom. The van der Waals surface area contributed by atoms with E-state index < -0.39 is 5.54 Å². The molecule has 1 amide bonds. The number of anilines is 1. The first-order valence-corrected chi connectivity index (χ1v) is 8.66. The van der Waals surface area contributed by atoms with Gasteiger partial charge < -0.3 is 16.0 Å². The first-order chi connectivity index (χ1) is 11.3. The largest absolute Gasteiger partial charge is 0.359 e. The molecule has 0 aliphatic heterocycles. The van der Waals surface area contributed by atoms with Crippen molar-refractivity contribution in [1.82, 2.24) is 4.98 Å². The number of rotatable bonds is 3. The number of aromatic amines is 1. The second-order valence-electron chi connectivity index (χ2n) is 5.71.